The maximum atomic E-state index is 13.6. The van der Waals surface area contributed by atoms with Gasteiger partial charge in [-0.2, -0.15) is 10.5 Å². The van der Waals surface area contributed by atoms with Crippen molar-refractivity contribution < 1.29 is 24.2 Å². The van der Waals surface area contributed by atoms with E-state index in [1.54, 1.807) is 71.3 Å². The summed E-state index contributed by atoms with van der Waals surface area (Å²) in [5, 5.41) is 35.3. The van der Waals surface area contributed by atoms with Crippen LogP contribution in [0, 0.1) is 22.7 Å². The second kappa shape index (κ2) is 12.3. The number of carbonyl (C=O) groups is 3. The lowest BCUT2D eigenvalue weighted by atomic mass is 9.92. The molecule has 3 aromatic carbocycles. The number of likely N-dealkylation sites (N-methyl/N-ethyl adjacent to an activating group) is 1. The molecule has 218 valence electrons. The number of anilines is 1. The summed E-state index contributed by atoms with van der Waals surface area (Å²) in [7, 11) is 1.50. The molecule has 2 heterocycles. The predicted molar refractivity (Wildman–Crippen MR) is 161 cm³/mol. The summed E-state index contributed by atoms with van der Waals surface area (Å²) in [4.78, 5) is 41.1. The van der Waals surface area contributed by atoms with Crippen LogP contribution in [0.5, 0.6) is 5.75 Å². The summed E-state index contributed by atoms with van der Waals surface area (Å²) in [6.45, 7) is -0.185. The Morgan fingerprint density at radius 3 is 2.48 bits per heavy atom. The molecule has 0 fully saturated rings. The molecule has 2 amide bonds. The molecular weight excluding hydrogens is 562 g/mol. The lowest BCUT2D eigenvalue weighted by Gasteiger charge is -2.16. The van der Waals surface area contributed by atoms with E-state index in [0.717, 1.165) is 0 Å². The average Bonchev–Trinajstić information content (AvgIpc) is 3.43. The molecular formula is C32H25N7O5. The Morgan fingerprint density at radius 2 is 1.80 bits per heavy atom. The van der Waals surface area contributed by atoms with E-state index >= 15 is 0 Å². The van der Waals surface area contributed by atoms with Crippen LogP contribution in [0.15, 0.2) is 72.9 Å². The minimum atomic E-state index is -1.16. The molecule has 44 heavy (non-hydrogen) atoms. The summed E-state index contributed by atoms with van der Waals surface area (Å²) in [5.41, 5.74) is 8.67. The molecule has 0 saturated carbocycles. The predicted octanol–water partition coefficient (Wildman–Crippen LogP) is 3.23. The zero-order valence-corrected chi connectivity index (χ0v) is 23.4. The van der Waals surface area contributed by atoms with Crippen molar-refractivity contribution >= 4 is 40.2 Å². The fourth-order valence-corrected chi connectivity index (χ4v) is 4.83. The highest BCUT2D eigenvalue weighted by molar-refractivity contribution is 6.13. The number of fused-ring (bicyclic) bond motifs is 3. The minimum Gasteiger partial charge on any atom is -0.484 e. The first-order chi connectivity index (χ1) is 21.2. The van der Waals surface area contributed by atoms with Crippen molar-refractivity contribution in [2.75, 3.05) is 19.0 Å². The summed E-state index contributed by atoms with van der Waals surface area (Å²) < 4.78 is 7.18. The molecule has 0 aliphatic carbocycles. The van der Waals surface area contributed by atoms with Gasteiger partial charge in [-0.1, -0.05) is 30.3 Å². The molecule has 12 nitrogen and oxygen atoms in total. The van der Waals surface area contributed by atoms with Gasteiger partial charge in [-0.25, -0.2) is 4.98 Å². The first kappa shape index (κ1) is 29.3. The van der Waals surface area contributed by atoms with Crippen molar-refractivity contribution in [3.8, 4) is 29.0 Å². The third kappa shape index (κ3) is 5.61. The molecule has 0 bridgehead atoms. The number of rotatable bonds is 9. The van der Waals surface area contributed by atoms with Crippen LogP contribution in [0.1, 0.15) is 27.0 Å². The number of carboxylic acids is 1. The highest BCUT2D eigenvalue weighted by atomic mass is 16.5. The normalized spacial score (nSPS) is 11.4. The Balaban J connectivity index is 1.66. The Labute approximate surface area is 250 Å². The summed E-state index contributed by atoms with van der Waals surface area (Å²) in [5.74, 6) is -1.63. The number of nitrogens with two attached hydrogens (primary N) is 1. The van der Waals surface area contributed by atoms with Gasteiger partial charge in [0.05, 0.1) is 22.3 Å². The number of pyridine rings is 1. The highest BCUT2D eigenvalue weighted by Gasteiger charge is 2.26. The third-order valence-corrected chi connectivity index (χ3v) is 6.97. The maximum Gasteiger partial charge on any atom is 0.320 e. The Bertz CT molecular complexity index is 2020. The van der Waals surface area contributed by atoms with Crippen molar-refractivity contribution in [2.24, 2.45) is 5.73 Å². The zero-order valence-electron chi connectivity index (χ0n) is 23.4. The van der Waals surface area contributed by atoms with Crippen LogP contribution in [0.4, 0.5) is 5.69 Å². The van der Waals surface area contributed by atoms with E-state index in [9.17, 15) is 30.0 Å². The fraction of sp³-hybridized carbons (Fsp3) is 0.125. The minimum absolute atomic E-state index is 0.0151. The van der Waals surface area contributed by atoms with Crippen LogP contribution >= 0.6 is 0 Å². The molecule has 5 N–H and O–H groups in total. The van der Waals surface area contributed by atoms with Gasteiger partial charge in [0.25, 0.3) is 11.8 Å². The number of hydrogen-bond acceptors (Lipinski definition) is 8. The number of imidazole rings is 1. The lowest BCUT2D eigenvalue weighted by molar-refractivity contribution is -0.138. The van der Waals surface area contributed by atoms with Gasteiger partial charge in [-0.05, 0) is 53.9 Å². The number of aromatic nitrogens is 2. The topological polar surface area (TPSA) is 196 Å². The number of benzene rings is 3. The smallest absolute Gasteiger partial charge is 0.320 e. The molecule has 0 aliphatic rings. The van der Waals surface area contributed by atoms with Gasteiger partial charge >= 0.3 is 5.97 Å². The number of carboxylic acid groups (broad SMARTS) is 1. The zero-order chi connectivity index (χ0) is 31.4. The second-order valence-electron chi connectivity index (χ2n) is 9.75. The quantitative estimate of drug-likeness (QED) is 0.200. The number of nitrogens with one attached hydrogen (secondary N) is 2. The number of nitrogens with zero attached hydrogens (tertiary/aromatic N) is 4. The van der Waals surface area contributed by atoms with E-state index in [4.69, 9.17) is 10.5 Å². The Morgan fingerprint density at radius 1 is 1.05 bits per heavy atom. The van der Waals surface area contributed by atoms with Crippen LogP contribution in [0.2, 0.25) is 0 Å². The molecule has 5 aromatic rings. The van der Waals surface area contributed by atoms with Crippen molar-refractivity contribution in [3.63, 3.8) is 0 Å². The number of nitriles is 2. The Kier molecular flexibility index (Phi) is 8.20. The molecule has 1 atom stereocenters. The fourth-order valence-electron chi connectivity index (χ4n) is 4.83. The van der Waals surface area contributed by atoms with E-state index in [1.165, 1.54) is 13.1 Å². The number of ether oxygens (including phenoxy) is 1. The monoisotopic (exact) mass is 587 g/mol. The first-order valence-electron chi connectivity index (χ1n) is 13.3. The summed E-state index contributed by atoms with van der Waals surface area (Å²) in [6, 6.07) is 21.4. The number of carbonyl (C=O) groups excluding carboxylic acids is 2. The van der Waals surface area contributed by atoms with Gasteiger partial charge < -0.3 is 26.2 Å². The second-order valence-corrected chi connectivity index (χ2v) is 9.75. The molecule has 2 aromatic heterocycles. The van der Waals surface area contributed by atoms with E-state index in [0.29, 0.717) is 28.0 Å². The first-order valence-corrected chi connectivity index (χ1v) is 13.3. The van der Waals surface area contributed by atoms with Crippen molar-refractivity contribution in [1.29, 1.82) is 10.5 Å². The average molecular weight is 588 g/mol. The van der Waals surface area contributed by atoms with Crippen molar-refractivity contribution in [1.82, 2.24) is 14.7 Å². The molecule has 0 radical (unpaired) electrons. The van der Waals surface area contributed by atoms with Crippen molar-refractivity contribution in [2.45, 2.75) is 12.5 Å². The van der Waals surface area contributed by atoms with Gasteiger partial charge in [0, 0.05) is 24.4 Å². The van der Waals surface area contributed by atoms with Gasteiger partial charge in [0.1, 0.15) is 35.1 Å². The van der Waals surface area contributed by atoms with Crippen LogP contribution in [0.3, 0.4) is 0 Å². The summed E-state index contributed by atoms with van der Waals surface area (Å²) in [6.07, 6.45) is 1.73. The summed E-state index contributed by atoms with van der Waals surface area (Å²) >= 11 is 0. The van der Waals surface area contributed by atoms with Gasteiger partial charge in [0.2, 0.25) is 0 Å². The molecule has 0 saturated heterocycles. The maximum absolute atomic E-state index is 13.6. The van der Waals surface area contributed by atoms with E-state index < -0.39 is 17.9 Å². The third-order valence-electron chi connectivity index (χ3n) is 6.97. The SMILES string of the molecule is CNC(=O)COc1ccc(-c2c(C#N)c(NC(=O)c3cccc(C[C@H](N)C(=O)O)c3)c3c(nc4ccccn43)c2C#N)cc1. The van der Waals surface area contributed by atoms with Gasteiger partial charge in [-0.15, -0.1) is 0 Å². The lowest BCUT2D eigenvalue weighted by Crippen LogP contribution is -2.32. The van der Waals surface area contributed by atoms with Crippen LogP contribution in [-0.4, -0.2) is 52.0 Å². The van der Waals surface area contributed by atoms with Crippen molar-refractivity contribution in [3.05, 3.63) is 95.2 Å². The standard InChI is InChI=1S/C32H25N7O5/c1-36-26(40)17-44-21-10-8-19(9-11-21)27-22(15-33)28-30(39-12-3-2-7-25(39)37-28)29(23(27)16-34)38-31(41)20-6-4-5-18(13-20)14-24(35)32(42)43/h2-13,24H,14,17,35H2,1H3,(H,36,40)(H,38,41)(H,42,43)/t24-/m0/s1. The Hall–Kier alpha value is -6.24. The van der Waals surface area contributed by atoms with Crippen LogP contribution < -0.4 is 21.1 Å². The highest BCUT2D eigenvalue weighted by Crippen LogP contribution is 2.40. The van der Waals surface area contributed by atoms with E-state index in [2.05, 4.69) is 27.8 Å². The number of amides is 2. The number of aliphatic carboxylic acids is 1. The molecule has 0 unspecified atom stereocenters. The van der Waals surface area contributed by atoms with Gasteiger partial charge in [0.15, 0.2) is 6.61 Å². The molecule has 12 heteroatoms. The molecule has 0 aliphatic heterocycles. The van der Waals surface area contributed by atoms with Gasteiger partial charge in [-0.3, -0.25) is 18.8 Å². The number of hydrogen-bond donors (Lipinski definition) is 4. The largest absolute Gasteiger partial charge is 0.484 e. The van der Waals surface area contributed by atoms with E-state index in [-0.39, 0.29) is 52.4 Å². The van der Waals surface area contributed by atoms with E-state index in [1.807, 2.05) is 0 Å². The van der Waals surface area contributed by atoms with Crippen LogP contribution in [-0.2, 0) is 16.0 Å². The molecule has 0 spiro atoms. The molecule has 5 rings (SSSR count). The van der Waals surface area contributed by atoms with Crippen LogP contribution in [0.25, 0.3) is 27.8 Å².